The average molecular weight is 570 g/mol. The molecule has 0 fully saturated rings. The van der Waals surface area contributed by atoms with Gasteiger partial charge in [-0.25, -0.2) is 0 Å². The lowest BCUT2D eigenvalue weighted by atomic mass is 9.86. The lowest BCUT2D eigenvalue weighted by molar-refractivity contribution is -0.143. The average Bonchev–Trinajstić information content (AvgIpc) is 2.86. The molecule has 2 amide bonds. The first-order chi connectivity index (χ1) is 18.2. The Morgan fingerprint density at radius 3 is 2.10 bits per heavy atom. The second-order valence-corrected chi connectivity index (χ2v) is 12.6. The SMILES string of the molecule is CC(C)(C)NC(=O)[C@@H](Cc1ccccc1)N(Cc1ccc(Cl)c(Cl)c1)C(=O)COc1ccccc1C(C)(C)C. The van der Waals surface area contributed by atoms with Crippen LogP contribution in [0.5, 0.6) is 5.75 Å². The molecule has 0 saturated heterocycles. The lowest BCUT2D eigenvalue weighted by Crippen LogP contribution is -2.55. The van der Waals surface area contributed by atoms with Crippen LogP contribution in [-0.2, 0) is 28.0 Å². The molecule has 7 heteroatoms. The molecule has 1 atom stereocenters. The standard InChI is InChI=1S/C32H38Cl2N2O3/c1-31(2,3)24-14-10-11-15-28(24)39-21-29(37)36(20-23-16-17-25(33)26(34)18-23)27(30(38)35-32(4,5)6)19-22-12-8-7-9-13-22/h7-18,27H,19-21H2,1-6H3,(H,35,38)/t27-/m1/s1. The Hall–Kier alpha value is -3.02. The number of hydrogen-bond acceptors (Lipinski definition) is 3. The number of carbonyl (C=O) groups excluding carboxylic acids is 2. The van der Waals surface area contributed by atoms with Crippen LogP contribution in [0, 0.1) is 0 Å². The van der Waals surface area contributed by atoms with Crippen LogP contribution >= 0.6 is 23.2 Å². The number of hydrogen-bond donors (Lipinski definition) is 1. The Labute approximate surface area is 242 Å². The molecule has 0 aliphatic carbocycles. The van der Waals surface area contributed by atoms with Gasteiger partial charge in [-0.05, 0) is 61.1 Å². The summed E-state index contributed by atoms with van der Waals surface area (Å²) in [6.07, 6.45) is 0.342. The summed E-state index contributed by atoms with van der Waals surface area (Å²) in [5, 5.41) is 3.87. The van der Waals surface area contributed by atoms with E-state index in [2.05, 4.69) is 26.1 Å². The number of nitrogens with zero attached hydrogens (tertiary/aromatic N) is 1. The summed E-state index contributed by atoms with van der Waals surface area (Å²) in [5.74, 6) is 0.0937. The van der Waals surface area contributed by atoms with Gasteiger partial charge in [0.1, 0.15) is 11.8 Å². The van der Waals surface area contributed by atoms with Crippen LogP contribution in [0.4, 0.5) is 0 Å². The van der Waals surface area contributed by atoms with Gasteiger partial charge in [-0.2, -0.15) is 0 Å². The van der Waals surface area contributed by atoms with Crippen molar-refractivity contribution in [2.75, 3.05) is 6.61 Å². The van der Waals surface area contributed by atoms with E-state index in [4.69, 9.17) is 27.9 Å². The number of rotatable bonds is 9. The Morgan fingerprint density at radius 1 is 0.846 bits per heavy atom. The van der Waals surface area contributed by atoms with Crippen LogP contribution in [0.3, 0.4) is 0 Å². The largest absolute Gasteiger partial charge is 0.483 e. The smallest absolute Gasteiger partial charge is 0.261 e. The summed E-state index contributed by atoms with van der Waals surface area (Å²) < 4.78 is 6.10. The summed E-state index contributed by atoms with van der Waals surface area (Å²) in [6.45, 7) is 12.0. The number of halogens is 2. The molecule has 0 aliphatic rings. The second kappa shape index (κ2) is 12.9. The van der Waals surface area contributed by atoms with Gasteiger partial charge in [-0.3, -0.25) is 9.59 Å². The van der Waals surface area contributed by atoms with Gasteiger partial charge in [0.2, 0.25) is 5.91 Å². The second-order valence-electron chi connectivity index (χ2n) is 11.7. The molecule has 0 heterocycles. The molecular weight excluding hydrogens is 531 g/mol. The molecule has 0 bridgehead atoms. The minimum absolute atomic E-state index is 0.162. The summed E-state index contributed by atoms with van der Waals surface area (Å²) in [4.78, 5) is 29.2. The zero-order chi connectivity index (χ0) is 28.8. The zero-order valence-corrected chi connectivity index (χ0v) is 25.1. The number of carbonyl (C=O) groups is 2. The van der Waals surface area contributed by atoms with E-state index in [9.17, 15) is 9.59 Å². The van der Waals surface area contributed by atoms with Gasteiger partial charge in [-0.15, -0.1) is 0 Å². The van der Waals surface area contributed by atoms with Crippen molar-refractivity contribution < 1.29 is 14.3 Å². The molecule has 3 aromatic carbocycles. The predicted octanol–water partition coefficient (Wildman–Crippen LogP) is 7.22. The number of para-hydroxylation sites is 1. The third-order valence-electron chi connectivity index (χ3n) is 6.15. The van der Waals surface area contributed by atoms with E-state index in [1.165, 1.54) is 0 Å². The van der Waals surface area contributed by atoms with Crippen molar-refractivity contribution in [3.8, 4) is 5.75 Å². The molecule has 3 rings (SSSR count). The number of benzene rings is 3. The van der Waals surface area contributed by atoms with Crippen LogP contribution in [0.2, 0.25) is 10.0 Å². The minimum Gasteiger partial charge on any atom is -0.483 e. The summed E-state index contributed by atoms with van der Waals surface area (Å²) in [5.41, 5.74) is 2.06. The van der Waals surface area contributed by atoms with E-state index in [0.717, 1.165) is 16.7 Å². The van der Waals surface area contributed by atoms with Crippen molar-refractivity contribution in [2.24, 2.45) is 0 Å². The molecule has 0 saturated carbocycles. The monoisotopic (exact) mass is 568 g/mol. The number of ether oxygens (including phenoxy) is 1. The van der Waals surface area contributed by atoms with E-state index in [0.29, 0.717) is 22.2 Å². The van der Waals surface area contributed by atoms with Crippen molar-refractivity contribution in [2.45, 2.75) is 71.5 Å². The van der Waals surface area contributed by atoms with E-state index in [-0.39, 0.29) is 30.4 Å². The van der Waals surface area contributed by atoms with Gasteiger partial charge in [-0.1, -0.05) is 98.6 Å². The van der Waals surface area contributed by atoms with Gasteiger partial charge in [0.05, 0.1) is 10.0 Å². The quantitative estimate of drug-likeness (QED) is 0.296. The molecule has 0 spiro atoms. The van der Waals surface area contributed by atoms with Crippen molar-refractivity contribution in [3.63, 3.8) is 0 Å². The zero-order valence-electron chi connectivity index (χ0n) is 23.6. The van der Waals surface area contributed by atoms with Crippen molar-refractivity contribution in [1.82, 2.24) is 10.2 Å². The van der Waals surface area contributed by atoms with Crippen LogP contribution in [0.25, 0.3) is 0 Å². The summed E-state index contributed by atoms with van der Waals surface area (Å²) >= 11 is 12.4. The molecule has 5 nitrogen and oxygen atoms in total. The molecule has 0 aromatic heterocycles. The third kappa shape index (κ3) is 9.01. The highest BCUT2D eigenvalue weighted by molar-refractivity contribution is 6.42. The first-order valence-corrected chi connectivity index (χ1v) is 13.8. The fourth-order valence-corrected chi connectivity index (χ4v) is 4.60. The molecule has 3 aromatic rings. The van der Waals surface area contributed by atoms with Crippen LogP contribution in [-0.4, -0.2) is 34.9 Å². The van der Waals surface area contributed by atoms with Crippen LogP contribution in [0.1, 0.15) is 58.2 Å². The van der Waals surface area contributed by atoms with Crippen molar-refractivity contribution >= 4 is 35.0 Å². The predicted molar refractivity (Wildman–Crippen MR) is 159 cm³/mol. The summed E-state index contributed by atoms with van der Waals surface area (Å²) in [7, 11) is 0. The molecule has 1 N–H and O–H groups in total. The first kappa shape index (κ1) is 30.5. The number of nitrogens with one attached hydrogen (secondary N) is 1. The molecule has 208 valence electrons. The molecular formula is C32H38Cl2N2O3. The van der Waals surface area contributed by atoms with E-state index in [1.807, 2.05) is 81.4 Å². The Balaban J connectivity index is 1.98. The Kier molecular flexibility index (Phi) is 10.1. The Bertz CT molecular complexity index is 1280. The van der Waals surface area contributed by atoms with Crippen molar-refractivity contribution in [1.29, 1.82) is 0 Å². The molecule has 0 aliphatic heterocycles. The topological polar surface area (TPSA) is 58.6 Å². The Morgan fingerprint density at radius 2 is 1.49 bits per heavy atom. The van der Waals surface area contributed by atoms with E-state index in [1.54, 1.807) is 17.0 Å². The highest BCUT2D eigenvalue weighted by Gasteiger charge is 2.33. The fraction of sp³-hybridized carbons (Fsp3) is 0.375. The summed E-state index contributed by atoms with van der Waals surface area (Å²) in [6, 6.07) is 21.8. The van der Waals surface area contributed by atoms with Gasteiger partial charge in [0, 0.05) is 18.5 Å². The van der Waals surface area contributed by atoms with Gasteiger partial charge >= 0.3 is 0 Å². The van der Waals surface area contributed by atoms with Crippen LogP contribution in [0.15, 0.2) is 72.8 Å². The lowest BCUT2D eigenvalue weighted by Gasteiger charge is -2.34. The van der Waals surface area contributed by atoms with E-state index >= 15 is 0 Å². The highest BCUT2D eigenvalue weighted by Crippen LogP contribution is 2.31. The molecule has 39 heavy (non-hydrogen) atoms. The molecule has 0 unspecified atom stereocenters. The van der Waals surface area contributed by atoms with Crippen LogP contribution < -0.4 is 10.1 Å². The maximum Gasteiger partial charge on any atom is 0.261 e. The highest BCUT2D eigenvalue weighted by atomic mass is 35.5. The first-order valence-electron chi connectivity index (χ1n) is 13.1. The van der Waals surface area contributed by atoms with Gasteiger partial charge < -0.3 is 15.0 Å². The fourth-order valence-electron chi connectivity index (χ4n) is 4.28. The minimum atomic E-state index is -0.782. The van der Waals surface area contributed by atoms with E-state index < -0.39 is 11.6 Å². The normalized spacial score (nSPS) is 12.5. The third-order valence-corrected chi connectivity index (χ3v) is 6.89. The molecule has 0 radical (unpaired) electrons. The maximum atomic E-state index is 13.9. The maximum absolute atomic E-state index is 13.9. The number of amides is 2. The van der Waals surface area contributed by atoms with Gasteiger partial charge in [0.15, 0.2) is 6.61 Å². The van der Waals surface area contributed by atoms with Gasteiger partial charge in [0.25, 0.3) is 5.91 Å². The van der Waals surface area contributed by atoms with Crippen molar-refractivity contribution in [3.05, 3.63) is 99.5 Å².